The summed E-state index contributed by atoms with van der Waals surface area (Å²) in [6.45, 7) is 15.0. The molecule has 0 aliphatic carbocycles. The van der Waals surface area contributed by atoms with Crippen molar-refractivity contribution in [2.45, 2.75) is 46.1 Å². The van der Waals surface area contributed by atoms with Crippen LogP contribution in [0.25, 0.3) is 0 Å². The molecular weight excluding hydrogens is 224 g/mol. The molecule has 2 heterocycles. The first-order valence-electron chi connectivity index (χ1n) is 7.59. The molecule has 3 heteroatoms. The topological polar surface area (TPSA) is 15.7 Å². The van der Waals surface area contributed by atoms with Gasteiger partial charge in [0.2, 0.25) is 0 Å². The highest BCUT2D eigenvalue weighted by Crippen LogP contribution is 2.22. The average Bonchev–Trinajstić information content (AvgIpc) is 2.37. The van der Waals surface area contributed by atoms with Crippen LogP contribution >= 0.6 is 0 Å². The zero-order valence-electron chi connectivity index (χ0n) is 12.5. The minimum absolute atomic E-state index is 0.473. The van der Waals surface area contributed by atoms with Gasteiger partial charge in [-0.3, -0.25) is 4.90 Å². The van der Waals surface area contributed by atoms with Gasteiger partial charge in [-0.25, -0.2) is 0 Å². The molecule has 0 N–H and O–H groups in total. The maximum Gasteiger partial charge on any atom is 0.0594 e. The first-order valence-corrected chi connectivity index (χ1v) is 7.59. The quantitative estimate of drug-likeness (QED) is 0.768. The van der Waals surface area contributed by atoms with Gasteiger partial charge in [-0.15, -0.1) is 0 Å². The second-order valence-corrected chi connectivity index (χ2v) is 7.03. The Bertz CT molecular complexity index is 235. The molecule has 0 spiro atoms. The molecule has 106 valence electrons. The van der Waals surface area contributed by atoms with Crippen molar-refractivity contribution in [3.05, 3.63) is 0 Å². The molecule has 0 saturated carbocycles. The lowest BCUT2D eigenvalue weighted by molar-refractivity contribution is 0.000218. The van der Waals surface area contributed by atoms with Crippen molar-refractivity contribution in [2.24, 2.45) is 5.41 Å². The molecule has 2 aliphatic heterocycles. The summed E-state index contributed by atoms with van der Waals surface area (Å²) in [7, 11) is 0. The third-order valence-electron chi connectivity index (χ3n) is 4.30. The molecule has 0 radical (unpaired) electrons. The maximum atomic E-state index is 5.44. The van der Waals surface area contributed by atoms with E-state index in [1.54, 1.807) is 0 Å². The normalized spacial score (nSPS) is 25.5. The van der Waals surface area contributed by atoms with Gasteiger partial charge in [0.25, 0.3) is 0 Å². The van der Waals surface area contributed by atoms with Crippen LogP contribution < -0.4 is 0 Å². The van der Waals surface area contributed by atoms with E-state index in [1.165, 1.54) is 38.9 Å². The van der Waals surface area contributed by atoms with E-state index in [-0.39, 0.29) is 0 Å². The third kappa shape index (κ3) is 4.52. The molecule has 0 aromatic carbocycles. The molecule has 0 atom stereocenters. The zero-order valence-corrected chi connectivity index (χ0v) is 12.5. The minimum Gasteiger partial charge on any atom is -0.379 e. The summed E-state index contributed by atoms with van der Waals surface area (Å²) in [5, 5.41) is 0. The van der Waals surface area contributed by atoms with Crippen LogP contribution in [-0.2, 0) is 4.74 Å². The van der Waals surface area contributed by atoms with Gasteiger partial charge < -0.3 is 9.64 Å². The molecule has 2 fully saturated rings. The molecule has 2 rings (SSSR count). The van der Waals surface area contributed by atoms with Gasteiger partial charge in [0, 0.05) is 19.1 Å². The number of hydrogen-bond donors (Lipinski definition) is 0. The van der Waals surface area contributed by atoms with Crippen LogP contribution in [-0.4, -0.2) is 61.8 Å². The van der Waals surface area contributed by atoms with E-state index < -0.39 is 0 Å². The second kappa shape index (κ2) is 6.36. The van der Waals surface area contributed by atoms with Gasteiger partial charge in [-0.1, -0.05) is 20.8 Å². The Labute approximate surface area is 112 Å². The van der Waals surface area contributed by atoms with Gasteiger partial charge >= 0.3 is 0 Å². The van der Waals surface area contributed by atoms with Gasteiger partial charge in [0.05, 0.1) is 13.2 Å². The molecule has 0 amide bonds. The van der Waals surface area contributed by atoms with Crippen LogP contribution in [0.4, 0.5) is 0 Å². The van der Waals surface area contributed by atoms with Crippen LogP contribution in [0.3, 0.4) is 0 Å². The van der Waals surface area contributed by atoms with Crippen LogP contribution in [0.15, 0.2) is 0 Å². The van der Waals surface area contributed by atoms with E-state index in [4.69, 9.17) is 4.74 Å². The molecule has 0 aromatic heterocycles. The van der Waals surface area contributed by atoms with Crippen molar-refractivity contribution in [1.29, 1.82) is 0 Å². The lowest BCUT2D eigenvalue weighted by Gasteiger charge is -2.40. The number of piperidine rings is 1. The Balaban J connectivity index is 1.67. The predicted octanol–water partition coefficient (Wildman–Crippen LogP) is 2.22. The number of rotatable bonds is 3. The number of nitrogens with zero attached hydrogens (tertiary/aromatic N) is 2. The SMILES string of the molecule is CC(C)(C)CCN1CCC(N2CCOCC2)CC1. The number of ether oxygens (including phenoxy) is 1. The van der Waals surface area contributed by atoms with E-state index in [9.17, 15) is 0 Å². The lowest BCUT2D eigenvalue weighted by atomic mass is 9.91. The van der Waals surface area contributed by atoms with Gasteiger partial charge in [-0.05, 0) is 44.3 Å². The summed E-state index contributed by atoms with van der Waals surface area (Å²) >= 11 is 0. The lowest BCUT2D eigenvalue weighted by Crippen LogP contribution is -2.49. The minimum atomic E-state index is 0.473. The smallest absolute Gasteiger partial charge is 0.0594 e. The summed E-state index contributed by atoms with van der Waals surface area (Å²) in [6.07, 6.45) is 4.02. The summed E-state index contributed by atoms with van der Waals surface area (Å²) in [5.41, 5.74) is 0.473. The monoisotopic (exact) mass is 254 g/mol. The van der Waals surface area contributed by atoms with Crippen LogP contribution in [0.5, 0.6) is 0 Å². The molecule has 0 bridgehead atoms. The van der Waals surface area contributed by atoms with E-state index in [0.717, 1.165) is 32.3 Å². The first kappa shape index (κ1) is 14.3. The van der Waals surface area contributed by atoms with Gasteiger partial charge in [-0.2, -0.15) is 0 Å². The Kier molecular flexibility index (Phi) is 5.05. The molecule has 0 unspecified atom stereocenters. The molecule has 18 heavy (non-hydrogen) atoms. The number of hydrogen-bond acceptors (Lipinski definition) is 3. The van der Waals surface area contributed by atoms with Crippen molar-refractivity contribution in [3.63, 3.8) is 0 Å². The summed E-state index contributed by atoms with van der Waals surface area (Å²) in [6, 6.07) is 0.819. The van der Waals surface area contributed by atoms with Gasteiger partial charge in [0.1, 0.15) is 0 Å². The van der Waals surface area contributed by atoms with E-state index in [0.29, 0.717) is 5.41 Å². The van der Waals surface area contributed by atoms with Crippen LogP contribution in [0.2, 0.25) is 0 Å². The molecule has 0 aromatic rings. The second-order valence-electron chi connectivity index (χ2n) is 7.03. The number of likely N-dealkylation sites (tertiary alicyclic amines) is 1. The summed E-state index contributed by atoms with van der Waals surface area (Å²) in [5.74, 6) is 0. The van der Waals surface area contributed by atoms with E-state index in [1.807, 2.05) is 0 Å². The van der Waals surface area contributed by atoms with Crippen molar-refractivity contribution in [3.8, 4) is 0 Å². The van der Waals surface area contributed by atoms with Crippen molar-refractivity contribution < 1.29 is 4.74 Å². The average molecular weight is 254 g/mol. The highest BCUT2D eigenvalue weighted by atomic mass is 16.5. The first-order chi connectivity index (χ1) is 8.54. The summed E-state index contributed by atoms with van der Waals surface area (Å²) < 4.78 is 5.44. The molecule has 3 nitrogen and oxygen atoms in total. The molecular formula is C15H30N2O. The largest absolute Gasteiger partial charge is 0.379 e. The fourth-order valence-corrected chi connectivity index (χ4v) is 2.94. The number of morpholine rings is 1. The standard InChI is InChI=1S/C15H30N2O/c1-15(2,3)6-9-16-7-4-14(5-8-16)17-10-12-18-13-11-17/h14H,4-13H2,1-3H3. The molecule has 2 aliphatic rings. The highest BCUT2D eigenvalue weighted by molar-refractivity contribution is 4.81. The Morgan fingerprint density at radius 3 is 2.17 bits per heavy atom. The van der Waals surface area contributed by atoms with Crippen molar-refractivity contribution in [1.82, 2.24) is 9.80 Å². The summed E-state index contributed by atoms with van der Waals surface area (Å²) in [4.78, 5) is 5.30. The van der Waals surface area contributed by atoms with E-state index >= 15 is 0 Å². The maximum absolute atomic E-state index is 5.44. The van der Waals surface area contributed by atoms with E-state index in [2.05, 4.69) is 30.6 Å². The molecule has 2 saturated heterocycles. The third-order valence-corrected chi connectivity index (χ3v) is 4.30. The Morgan fingerprint density at radius 1 is 1.00 bits per heavy atom. The highest BCUT2D eigenvalue weighted by Gasteiger charge is 2.26. The van der Waals surface area contributed by atoms with Crippen molar-refractivity contribution >= 4 is 0 Å². The predicted molar refractivity (Wildman–Crippen MR) is 75.9 cm³/mol. The Hall–Kier alpha value is -0.120. The Morgan fingerprint density at radius 2 is 1.61 bits per heavy atom. The fourth-order valence-electron chi connectivity index (χ4n) is 2.94. The zero-order chi connectivity index (χ0) is 13.0. The van der Waals surface area contributed by atoms with Crippen LogP contribution in [0.1, 0.15) is 40.0 Å². The fraction of sp³-hybridized carbons (Fsp3) is 1.00. The van der Waals surface area contributed by atoms with Crippen LogP contribution in [0, 0.1) is 5.41 Å². The van der Waals surface area contributed by atoms with Gasteiger partial charge in [0.15, 0.2) is 0 Å². The van der Waals surface area contributed by atoms with Crippen molar-refractivity contribution in [2.75, 3.05) is 45.9 Å².